The fourth-order valence-corrected chi connectivity index (χ4v) is 1.53. The van der Waals surface area contributed by atoms with E-state index in [1.807, 2.05) is 0 Å². The summed E-state index contributed by atoms with van der Waals surface area (Å²) in [6.07, 6.45) is 1.59. The highest BCUT2D eigenvalue weighted by molar-refractivity contribution is 5.81. The molecule has 0 saturated heterocycles. The van der Waals surface area contributed by atoms with Crippen molar-refractivity contribution in [3.05, 3.63) is 35.7 Å². The summed E-state index contributed by atoms with van der Waals surface area (Å²) in [7, 11) is 0. The molecule has 1 amide bonds. The van der Waals surface area contributed by atoms with Crippen LogP contribution in [0.1, 0.15) is 5.56 Å². The molecule has 2 rings (SSSR count). The first-order valence-corrected chi connectivity index (χ1v) is 6.06. The molecule has 0 bridgehead atoms. The minimum Gasteiger partial charge on any atom is -0.508 e. The number of aryl methyl sites for hydroxylation is 1. The van der Waals surface area contributed by atoms with Crippen LogP contribution < -0.4 is 21.1 Å². The molecule has 1 aliphatic rings. The molecule has 5 N–H and O–H groups in total. The Morgan fingerprint density at radius 3 is 3.00 bits per heavy atom. The van der Waals surface area contributed by atoms with Crippen molar-refractivity contribution in [1.29, 1.82) is 0 Å². The third kappa shape index (κ3) is 3.48. The third-order valence-electron chi connectivity index (χ3n) is 2.64. The largest absolute Gasteiger partial charge is 0.508 e. The first-order chi connectivity index (χ1) is 9.58. The maximum absolute atomic E-state index is 11.1. The predicted molar refractivity (Wildman–Crippen MR) is 74.2 cm³/mol. The Labute approximate surface area is 116 Å². The Kier molecular flexibility index (Phi) is 4.21. The fourth-order valence-electron chi connectivity index (χ4n) is 1.53. The Morgan fingerprint density at radius 2 is 2.40 bits per heavy atom. The maximum atomic E-state index is 11.1. The van der Waals surface area contributed by atoms with Gasteiger partial charge in [-0.3, -0.25) is 4.79 Å². The summed E-state index contributed by atoms with van der Waals surface area (Å²) in [5.41, 5.74) is 6.58. The summed E-state index contributed by atoms with van der Waals surface area (Å²) >= 11 is 0. The average Bonchev–Trinajstić information content (AvgIpc) is 2.45. The molecule has 1 aromatic rings. The molecule has 1 aliphatic heterocycles. The van der Waals surface area contributed by atoms with Crippen molar-refractivity contribution in [3.63, 3.8) is 0 Å². The van der Waals surface area contributed by atoms with E-state index >= 15 is 0 Å². The Morgan fingerprint density at radius 1 is 1.60 bits per heavy atom. The molecule has 7 nitrogen and oxygen atoms in total. The molecule has 7 heteroatoms. The molecular weight excluding hydrogens is 260 g/mol. The Bertz CT molecular complexity index is 581. The van der Waals surface area contributed by atoms with Gasteiger partial charge in [-0.25, -0.2) is 4.99 Å². The van der Waals surface area contributed by atoms with Crippen LogP contribution in [0.25, 0.3) is 0 Å². The molecule has 0 aromatic heterocycles. The van der Waals surface area contributed by atoms with Gasteiger partial charge in [0.05, 0.1) is 18.8 Å². The lowest BCUT2D eigenvalue weighted by Gasteiger charge is -2.16. The van der Waals surface area contributed by atoms with Crippen LogP contribution in [-0.2, 0) is 4.79 Å². The number of carbonyl (C=O) groups excluding carboxylic acids is 1. The van der Waals surface area contributed by atoms with E-state index in [1.165, 1.54) is 6.07 Å². The van der Waals surface area contributed by atoms with Gasteiger partial charge < -0.3 is 26.2 Å². The van der Waals surface area contributed by atoms with Crippen molar-refractivity contribution in [2.24, 2.45) is 10.7 Å². The van der Waals surface area contributed by atoms with E-state index in [1.54, 1.807) is 25.3 Å². The van der Waals surface area contributed by atoms with Gasteiger partial charge in [0.2, 0.25) is 5.91 Å². The van der Waals surface area contributed by atoms with Crippen molar-refractivity contribution in [2.45, 2.75) is 6.92 Å². The van der Waals surface area contributed by atoms with Crippen LogP contribution in [0.3, 0.4) is 0 Å². The molecule has 0 radical (unpaired) electrons. The van der Waals surface area contributed by atoms with Gasteiger partial charge in [-0.2, -0.15) is 0 Å². The summed E-state index contributed by atoms with van der Waals surface area (Å²) < 4.78 is 5.47. The summed E-state index contributed by atoms with van der Waals surface area (Å²) in [6, 6.07) is 5.28. The second-order valence-electron chi connectivity index (χ2n) is 4.24. The first kappa shape index (κ1) is 13.9. The fraction of sp³-hybridized carbons (Fsp3) is 0.231. The molecule has 0 saturated carbocycles. The van der Waals surface area contributed by atoms with Crippen LogP contribution >= 0.6 is 0 Å². The minimum atomic E-state index is -0.277. The molecule has 0 aliphatic carbocycles. The van der Waals surface area contributed by atoms with Gasteiger partial charge in [0.15, 0.2) is 0 Å². The number of phenolic OH excluding ortho intramolecular Hbond substituents is 1. The molecule has 0 atom stereocenters. The first-order valence-electron chi connectivity index (χ1n) is 6.06. The molecule has 0 unspecified atom stereocenters. The summed E-state index contributed by atoms with van der Waals surface area (Å²) in [4.78, 5) is 15.2. The number of hydrogen-bond acceptors (Lipinski definition) is 6. The SMILES string of the molecule is Cc1ccc(OC2=NCC(NC(=O)CN)=CN2)cc1O. The van der Waals surface area contributed by atoms with Gasteiger partial charge >= 0.3 is 0 Å². The highest BCUT2D eigenvalue weighted by Crippen LogP contribution is 2.22. The lowest BCUT2D eigenvalue weighted by molar-refractivity contribution is -0.119. The molecule has 20 heavy (non-hydrogen) atoms. The maximum Gasteiger partial charge on any atom is 0.294 e. The van der Waals surface area contributed by atoms with Gasteiger partial charge in [0, 0.05) is 12.3 Å². The average molecular weight is 276 g/mol. The highest BCUT2D eigenvalue weighted by Gasteiger charge is 2.10. The zero-order valence-corrected chi connectivity index (χ0v) is 11.0. The van der Waals surface area contributed by atoms with Crippen molar-refractivity contribution in [1.82, 2.24) is 10.6 Å². The Balaban J connectivity index is 1.93. The zero-order chi connectivity index (χ0) is 14.5. The molecule has 0 fully saturated rings. The smallest absolute Gasteiger partial charge is 0.294 e. The van der Waals surface area contributed by atoms with Crippen LogP contribution in [-0.4, -0.2) is 30.1 Å². The van der Waals surface area contributed by atoms with Gasteiger partial charge in [0.1, 0.15) is 11.5 Å². The van der Waals surface area contributed by atoms with Crippen LogP contribution in [0.5, 0.6) is 11.5 Å². The van der Waals surface area contributed by atoms with Crippen molar-refractivity contribution < 1.29 is 14.6 Å². The normalized spacial score (nSPS) is 13.9. The molecule has 1 heterocycles. The predicted octanol–water partition coefficient (Wildman–Crippen LogP) is -0.0451. The van der Waals surface area contributed by atoms with Gasteiger partial charge in [0.25, 0.3) is 6.02 Å². The van der Waals surface area contributed by atoms with E-state index in [0.29, 0.717) is 17.5 Å². The van der Waals surface area contributed by atoms with E-state index in [2.05, 4.69) is 15.6 Å². The van der Waals surface area contributed by atoms with E-state index < -0.39 is 0 Å². The van der Waals surface area contributed by atoms with E-state index in [4.69, 9.17) is 10.5 Å². The van der Waals surface area contributed by atoms with Crippen LogP contribution in [0.2, 0.25) is 0 Å². The molecule has 0 spiro atoms. The number of amidine groups is 1. The minimum absolute atomic E-state index is 0.0763. The summed E-state index contributed by atoms with van der Waals surface area (Å²) in [5, 5.41) is 15.0. The van der Waals surface area contributed by atoms with Crippen molar-refractivity contribution in [2.75, 3.05) is 13.1 Å². The second kappa shape index (κ2) is 6.07. The number of benzene rings is 1. The zero-order valence-electron chi connectivity index (χ0n) is 11.0. The van der Waals surface area contributed by atoms with Crippen molar-refractivity contribution in [3.8, 4) is 11.5 Å². The molecular formula is C13H16N4O3. The lowest BCUT2D eigenvalue weighted by atomic mass is 10.2. The monoisotopic (exact) mass is 276 g/mol. The number of nitrogens with two attached hydrogens (primary N) is 1. The van der Waals surface area contributed by atoms with Gasteiger partial charge in [-0.05, 0) is 18.6 Å². The van der Waals surface area contributed by atoms with Crippen molar-refractivity contribution >= 4 is 11.9 Å². The van der Waals surface area contributed by atoms with Crippen LogP contribution in [0.15, 0.2) is 35.1 Å². The number of amides is 1. The number of hydrogen-bond donors (Lipinski definition) is 4. The third-order valence-corrected chi connectivity index (χ3v) is 2.64. The number of rotatable bonds is 3. The number of carbonyl (C=O) groups is 1. The number of phenols is 1. The van der Waals surface area contributed by atoms with Crippen LogP contribution in [0.4, 0.5) is 0 Å². The molecule has 106 valence electrons. The van der Waals surface area contributed by atoms with E-state index in [9.17, 15) is 9.90 Å². The number of ether oxygens (including phenoxy) is 1. The summed E-state index contributed by atoms with van der Waals surface area (Å²) in [5.74, 6) is 0.355. The number of nitrogens with one attached hydrogen (secondary N) is 2. The topological polar surface area (TPSA) is 109 Å². The van der Waals surface area contributed by atoms with E-state index in [-0.39, 0.29) is 24.7 Å². The van der Waals surface area contributed by atoms with Gasteiger partial charge in [-0.15, -0.1) is 0 Å². The molecule has 1 aromatic carbocycles. The quantitative estimate of drug-likeness (QED) is 0.619. The number of nitrogens with zero attached hydrogens (tertiary/aromatic N) is 1. The standard InChI is InChI=1S/C13H16N4O3/c1-8-2-3-10(4-11(8)18)20-13-15-6-9(7-16-13)17-12(19)5-14/h2-4,6,18H,5,7,14H2,1H3,(H,15,16)(H,17,19). The second-order valence-corrected chi connectivity index (χ2v) is 4.24. The van der Waals surface area contributed by atoms with Crippen LogP contribution in [0, 0.1) is 6.92 Å². The lowest BCUT2D eigenvalue weighted by Crippen LogP contribution is -2.36. The Hall–Kier alpha value is -2.54. The highest BCUT2D eigenvalue weighted by atomic mass is 16.5. The van der Waals surface area contributed by atoms with Gasteiger partial charge in [-0.1, -0.05) is 6.07 Å². The number of aromatic hydroxyl groups is 1. The summed E-state index contributed by atoms with van der Waals surface area (Å²) in [6.45, 7) is 2.00. The van der Waals surface area contributed by atoms with E-state index in [0.717, 1.165) is 5.56 Å². The number of aliphatic imine (C=N–C) groups is 1.